The average molecular weight is 580 g/mol. The van der Waals surface area contributed by atoms with Crippen molar-refractivity contribution in [3.8, 4) is 17.2 Å². The van der Waals surface area contributed by atoms with Gasteiger partial charge in [0.2, 0.25) is 0 Å². The van der Waals surface area contributed by atoms with Gasteiger partial charge in [0.05, 0.1) is 30.5 Å². The standard InChI is InChI=1S/C28H29N7O5.ClH/c1-5-34(6-2)17-18-14-22(21-8-7-13-29-27(21)28(18)36)31-33-24-16-25(39-3)23(15-26(24)40-4)32-30-19-9-11-20(12-10-19)35(37)38;/h7-16,36H,5-6,17H2,1-4H3;1H. The number of benzene rings is 3. The molecule has 1 aromatic heterocycles. The number of nitro groups is 1. The summed E-state index contributed by atoms with van der Waals surface area (Å²) in [6.45, 7) is 6.33. The summed E-state index contributed by atoms with van der Waals surface area (Å²) in [6, 6.07) is 14.4. The zero-order valence-electron chi connectivity index (χ0n) is 23.0. The zero-order chi connectivity index (χ0) is 28.6. The van der Waals surface area contributed by atoms with Crippen LogP contribution in [-0.4, -0.2) is 47.2 Å². The largest absolute Gasteiger partial charge is 0.505 e. The number of phenolic OH excluding ortho intramolecular Hbond substituents is 1. The third-order valence-electron chi connectivity index (χ3n) is 6.29. The molecule has 0 bridgehead atoms. The molecule has 0 saturated heterocycles. The third kappa shape index (κ3) is 7.10. The summed E-state index contributed by atoms with van der Waals surface area (Å²) in [5, 5.41) is 39.8. The van der Waals surface area contributed by atoms with E-state index in [1.165, 1.54) is 38.5 Å². The smallest absolute Gasteiger partial charge is 0.269 e. The van der Waals surface area contributed by atoms with Gasteiger partial charge in [0.25, 0.3) is 5.69 Å². The SMILES string of the molecule is CCN(CC)Cc1cc(N=Nc2cc(OC)c(N=Nc3ccc([N+](=O)[O-])cc3)cc2OC)c2cccnc2c1O.Cl. The predicted octanol–water partition coefficient (Wildman–Crippen LogP) is 7.96. The molecule has 214 valence electrons. The van der Waals surface area contributed by atoms with Crippen LogP contribution in [0.3, 0.4) is 0 Å². The predicted molar refractivity (Wildman–Crippen MR) is 158 cm³/mol. The first kappa shape index (κ1) is 30.9. The fraction of sp³-hybridized carbons (Fsp3) is 0.250. The van der Waals surface area contributed by atoms with Crippen LogP contribution in [0.2, 0.25) is 0 Å². The molecule has 3 aromatic carbocycles. The molecule has 0 aliphatic heterocycles. The van der Waals surface area contributed by atoms with Crippen molar-refractivity contribution >= 4 is 51.7 Å². The van der Waals surface area contributed by atoms with Crippen LogP contribution in [0.15, 0.2) is 81.3 Å². The molecule has 0 unspecified atom stereocenters. The summed E-state index contributed by atoms with van der Waals surface area (Å²) >= 11 is 0. The van der Waals surface area contributed by atoms with Gasteiger partial charge in [0, 0.05) is 48.0 Å². The lowest BCUT2D eigenvalue weighted by Crippen LogP contribution is -2.22. The quantitative estimate of drug-likeness (QED) is 0.108. The van der Waals surface area contributed by atoms with Gasteiger partial charge in [-0.3, -0.25) is 20.0 Å². The Morgan fingerprint density at radius 3 is 2.05 bits per heavy atom. The number of nitrogens with zero attached hydrogens (tertiary/aromatic N) is 7. The lowest BCUT2D eigenvalue weighted by atomic mass is 10.1. The summed E-state index contributed by atoms with van der Waals surface area (Å²) in [5.74, 6) is 0.884. The lowest BCUT2D eigenvalue weighted by molar-refractivity contribution is -0.384. The van der Waals surface area contributed by atoms with Crippen LogP contribution in [-0.2, 0) is 6.54 Å². The summed E-state index contributed by atoms with van der Waals surface area (Å²) < 4.78 is 11.0. The van der Waals surface area contributed by atoms with E-state index in [9.17, 15) is 15.2 Å². The monoisotopic (exact) mass is 579 g/mol. The number of fused-ring (bicyclic) bond motifs is 1. The van der Waals surface area contributed by atoms with E-state index in [1.54, 1.807) is 24.4 Å². The molecule has 0 aliphatic carbocycles. The van der Waals surface area contributed by atoms with Gasteiger partial charge in [-0.2, -0.15) is 5.11 Å². The van der Waals surface area contributed by atoms with E-state index >= 15 is 0 Å². The molecule has 0 radical (unpaired) electrons. The second kappa shape index (κ2) is 14.1. The number of hydrogen-bond acceptors (Lipinski definition) is 11. The molecule has 41 heavy (non-hydrogen) atoms. The van der Waals surface area contributed by atoms with E-state index in [0.29, 0.717) is 57.3 Å². The van der Waals surface area contributed by atoms with Gasteiger partial charge in [0.15, 0.2) is 0 Å². The van der Waals surface area contributed by atoms with Gasteiger partial charge in [-0.15, -0.1) is 27.7 Å². The van der Waals surface area contributed by atoms with E-state index < -0.39 is 4.92 Å². The van der Waals surface area contributed by atoms with Gasteiger partial charge in [0.1, 0.15) is 34.1 Å². The highest BCUT2D eigenvalue weighted by molar-refractivity contribution is 5.94. The topological polar surface area (TPSA) is 147 Å². The van der Waals surface area contributed by atoms with Crippen molar-refractivity contribution in [1.29, 1.82) is 0 Å². The Balaban J connectivity index is 0.00000462. The molecule has 4 rings (SSSR count). The lowest BCUT2D eigenvalue weighted by Gasteiger charge is -2.19. The molecular weight excluding hydrogens is 550 g/mol. The van der Waals surface area contributed by atoms with Gasteiger partial charge in [-0.1, -0.05) is 13.8 Å². The molecule has 0 aliphatic rings. The number of rotatable bonds is 11. The Bertz CT molecular complexity index is 1570. The second-order valence-corrected chi connectivity index (χ2v) is 8.63. The highest BCUT2D eigenvalue weighted by Crippen LogP contribution is 2.42. The second-order valence-electron chi connectivity index (χ2n) is 8.63. The van der Waals surface area contributed by atoms with Crippen LogP contribution in [0.5, 0.6) is 17.2 Å². The summed E-state index contributed by atoms with van der Waals surface area (Å²) in [6.07, 6.45) is 1.63. The normalized spacial score (nSPS) is 11.3. The van der Waals surface area contributed by atoms with Gasteiger partial charge >= 0.3 is 0 Å². The van der Waals surface area contributed by atoms with Crippen molar-refractivity contribution in [2.75, 3.05) is 27.3 Å². The molecule has 0 saturated carbocycles. The minimum absolute atomic E-state index is 0. The number of nitro benzene ring substituents is 1. The Labute approximate surface area is 242 Å². The first-order chi connectivity index (χ1) is 19.4. The van der Waals surface area contributed by atoms with Crippen LogP contribution in [0.4, 0.5) is 28.4 Å². The fourth-order valence-corrected chi connectivity index (χ4v) is 4.04. The molecule has 0 fully saturated rings. The van der Waals surface area contributed by atoms with Crippen molar-refractivity contribution in [2.45, 2.75) is 20.4 Å². The number of aromatic hydroxyl groups is 1. The van der Waals surface area contributed by atoms with E-state index in [1.807, 2.05) is 12.1 Å². The maximum atomic E-state index is 10.9. The van der Waals surface area contributed by atoms with Crippen molar-refractivity contribution in [2.24, 2.45) is 20.5 Å². The summed E-state index contributed by atoms with van der Waals surface area (Å²) in [4.78, 5) is 17.0. The van der Waals surface area contributed by atoms with Gasteiger partial charge < -0.3 is 14.6 Å². The van der Waals surface area contributed by atoms with Crippen molar-refractivity contribution < 1.29 is 19.5 Å². The van der Waals surface area contributed by atoms with Crippen LogP contribution in [0.1, 0.15) is 19.4 Å². The number of phenols is 1. The number of non-ortho nitro benzene ring substituents is 1. The molecule has 1 heterocycles. The van der Waals surface area contributed by atoms with E-state index in [2.05, 4.69) is 44.2 Å². The highest BCUT2D eigenvalue weighted by Gasteiger charge is 2.16. The number of hydrogen-bond donors (Lipinski definition) is 1. The van der Waals surface area contributed by atoms with Crippen LogP contribution >= 0.6 is 12.4 Å². The Hall–Kier alpha value is -4.68. The molecule has 0 atom stereocenters. The molecule has 0 spiro atoms. The summed E-state index contributed by atoms with van der Waals surface area (Å²) in [7, 11) is 2.99. The minimum atomic E-state index is -0.481. The van der Waals surface area contributed by atoms with Gasteiger partial charge in [-0.25, -0.2) is 0 Å². The number of ether oxygens (including phenoxy) is 2. The van der Waals surface area contributed by atoms with Crippen LogP contribution in [0, 0.1) is 10.1 Å². The molecule has 12 nitrogen and oxygen atoms in total. The van der Waals surface area contributed by atoms with Gasteiger partial charge in [-0.05, 0) is 43.4 Å². The average Bonchev–Trinajstić information content (AvgIpc) is 2.99. The molecule has 0 amide bonds. The highest BCUT2D eigenvalue weighted by atomic mass is 35.5. The molecular formula is C28H30ClN7O5. The number of azo groups is 2. The molecule has 4 aromatic rings. The number of methoxy groups -OCH3 is 2. The zero-order valence-corrected chi connectivity index (χ0v) is 23.8. The Morgan fingerprint density at radius 2 is 1.49 bits per heavy atom. The van der Waals surface area contributed by atoms with E-state index in [4.69, 9.17) is 9.47 Å². The molecule has 13 heteroatoms. The van der Waals surface area contributed by atoms with Crippen molar-refractivity contribution in [3.05, 3.63) is 76.5 Å². The maximum Gasteiger partial charge on any atom is 0.269 e. The molecule has 1 N–H and O–H groups in total. The summed E-state index contributed by atoms with van der Waals surface area (Å²) in [5.41, 5.74) is 2.87. The Morgan fingerprint density at radius 1 is 0.902 bits per heavy atom. The first-order valence-electron chi connectivity index (χ1n) is 12.5. The van der Waals surface area contributed by atoms with Crippen LogP contribution < -0.4 is 9.47 Å². The van der Waals surface area contributed by atoms with E-state index in [0.717, 1.165) is 13.1 Å². The number of aromatic nitrogens is 1. The van der Waals surface area contributed by atoms with Crippen LogP contribution in [0.25, 0.3) is 10.9 Å². The minimum Gasteiger partial charge on any atom is -0.505 e. The van der Waals surface area contributed by atoms with E-state index in [-0.39, 0.29) is 23.8 Å². The Kier molecular flexibility index (Phi) is 10.6. The fourth-order valence-electron chi connectivity index (χ4n) is 4.04. The number of halogens is 1. The maximum absolute atomic E-state index is 10.9. The first-order valence-corrected chi connectivity index (χ1v) is 12.5. The third-order valence-corrected chi connectivity index (χ3v) is 6.29. The van der Waals surface area contributed by atoms with Crippen molar-refractivity contribution in [3.63, 3.8) is 0 Å². The van der Waals surface area contributed by atoms with Crippen molar-refractivity contribution in [1.82, 2.24) is 9.88 Å². The number of pyridine rings is 1.